The average Bonchev–Trinajstić information content (AvgIpc) is 3.06. The van der Waals surface area contributed by atoms with Crippen molar-refractivity contribution in [2.75, 3.05) is 0 Å². The monoisotopic (exact) mass is 642 g/mol. The highest BCUT2D eigenvalue weighted by atomic mass is 33.1. The van der Waals surface area contributed by atoms with Crippen molar-refractivity contribution in [2.24, 2.45) is 0 Å². The fourth-order valence-corrected chi connectivity index (χ4v) is 8.55. The summed E-state index contributed by atoms with van der Waals surface area (Å²) >= 11 is 0. The van der Waals surface area contributed by atoms with E-state index < -0.39 is 0 Å². The molecule has 6 aromatic rings. The molecule has 234 valence electrons. The van der Waals surface area contributed by atoms with Crippen molar-refractivity contribution in [3.63, 3.8) is 0 Å². The lowest BCUT2D eigenvalue weighted by Crippen LogP contribution is -2.08. The Labute approximate surface area is 281 Å². The van der Waals surface area contributed by atoms with E-state index in [1.807, 2.05) is 21.6 Å². The van der Waals surface area contributed by atoms with Gasteiger partial charge in [0.1, 0.15) is 11.5 Å². The molecule has 0 N–H and O–H groups in total. The van der Waals surface area contributed by atoms with Gasteiger partial charge in [0.2, 0.25) is 0 Å². The van der Waals surface area contributed by atoms with E-state index in [1.165, 1.54) is 54.9 Å². The Kier molecular flexibility index (Phi) is 9.96. The van der Waals surface area contributed by atoms with Gasteiger partial charge in [-0.3, -0.25) is 0 Å². The molecule has 0 unspecified atom stereocenters. The molecule has 2 nitrogen and oxygen atoms in total. The highest BCUT2D eigenvalue weighted by Gasteiger charge is 2.21. The number of ether oxygens (including phenoxy) is 2. The summed E-state index contributed by atoms with van der Waals surface area (Å²) in [6.07, 6.45) is 0.192. The summed E-state index contributed by atoms with van der Waals surface area (Å²) in [5, 5.41) is 5.43. The second-order valence-corrected chi connectivity index (χ2v) is 15.3. The number of fused-ring (bicyclic) bond motifs is 2. The normalized spacial score (nSPS) is 13.0. The van der Waals surface area contributed by atoms with Gasteiger partial charge in [-0.15, -0.1) is 0 Å². The first-order valence-electron chi connectivity index (χ1n) is 16.2. The van der Waals surface area contributed by atoms with Crippen LogP contribution in [0.15, 0.2) is 121 Å². The Morgan fingerprint density at radius 2 is 0.826 bits per heavy atom. The molecule has 0 saturated heterocycles. The lowest BCUT2D eigenvalue weighted by molar-refractivity contribution is 0.239. The van der Waals surface area contributed by atoms with Crippen LogP contribution in [0.5, 0.6) is 11.5 Å². The van der Waals surface area contributed by atoms with Crippen LogP contribution in [0.2, 0.25) is 0 Å². The lowest BCUT2D eigenvalue weighted by Gasteiger charge is -2.23. The molecule has 0 bridgehead atoms. The predicted octanol–water partition coefficient (Wildman–Crippen LogP) is 13.1. The third-order valence-corrected chi connectivity index (χ3v) is 11.4. The quantitative estimate of drug-likeness (QED) is 0.131. The summed E-state index contributed by atoms with van der Waals surface area (Å²) in [5.74, 6) is 1.91. The van der Waals surface area contributed by atoms with Crippen molar-refractivity contribution in [1.82, 2.24) is 0 Å². The molecular formula is C42H42O2S2. The Balaban J connectivity index is 1.31. The molecule has 0 heterocycles. The van der Waals surface area contributed by atoms with E-state index in [1.54, 1.807) is 0 Å². The minimum Gasteiger partial charge on any atom is -0.491 e. The standard InChI is InChI=1S/C42H42O2S2/c1-27(2)43-41-23-21-33(37-19-11-15-31-13-7-9-17-35(31)37)25-39(41)29(5)45-46-30(6)40-26-34(22-24-42(40)44-28(3)4)38-20-12-16-32-14-8-10-18-36(32)38/h7-30H,1-6H3/t29-,30-/m1/s1. The zero-order chi connectivity index (χ0) is 32.2. The smallest absolute Gasteiger partial charge is 0.124 e. The van der Waals surface area contributed by atoms with Crippen LogP contribution in [0.3, 0.4) is 0 Å². The first-order chi connectivity index (χ1) is 22.3. The first kappa shape index (κ1) is 32.1. The van der Waals surface area contributed by atoms with E-state index in [-0.39, 0.29) is 22.7 Å². The molecule has 0 aromatic heterocycles. The van der Waals surface area contributed by atoms with Crippen LogP contribution in [0.4, 0.5) is 0 Å². The highest BCUT2D eigenvalue weighted by molar-refractivity contribution is 8.76. The summed E-state index contributed by atoms with van der Waals surface area (Å²) in [6, 6.07) is 43.7. The molecule has 0 aliphatic rings. The Morgan fingerprint density at radius 1 is 0.435 bits per heavy atom. The number of rotatable bonds is 11. The van der Waals surface area contributed by atoms with E-state index in [2.05, 4.69) is 163 Å². The zero-order valence-electron chi connectivity index (χ0n) is 27.5. The van der Waals surface area contributed by atoms with Crippen molar-refractivity contribution in [1.29, 1.82) is 0 Å². The van der Waals surface area contributed by atoms with Gasteiger partial charge >= 0.3 is 0 Å². The number of hydrogen-bond acceptors (Lipinski definition) is 4. The fourth-order valence-electron chi connectivity index (χ4n) is 6.01. The maximum atomic E-state index is 6.36. The van der Waals surface area contributed by atoms with E-state index in [0.717, 1.165) is 11.5 Å². The molecule has 0 amide bonds. The van der Waals surface area contributed by atoms with E-state index >= 15 is 0 Å². The molecule has 2 atom stereocenters. The average molecular weight is 643 g/mol. The van der Waals surface area contributed by atoms with Crippen molar-refractivity contribution in [2.45, 2.75) is 64.3 Å². The molecule has 6 rings (SSSR count). The maximum absolute atomic E-state index is 6.36. The zero-order valence-corrected chi connectivity index (χ0v) is 29.1. The summed E-state index contributed by atoms with van der Waals surface area (Å²) < 4.78 is 12.7. The minimum atomic E-state index is 0.0958. The van der Waals surface area contributed by atoms with Gasteiger partial charge < -0.3 is 9.47 Å². The van der Waals surface area contributed by atoms with Crippen LogP contribution in [-0.2, 0) is 0 Å². The number of hydrogen-bond donors (Lipinski definition) is 0. The van der Waals surface area contributed by atoms with Gasteiger partial charge in [0.15, 0.2) is 0 Å². The molecule has 0 saturated carbocycles. The molecular weight excluding hydrogens is 601 g/mol. The Hall–Kier alpha value is -3.86. The van der Waals surface area contributed by atoms with Crippen molar-refractivity contribution in [3.05, 3.63) is 132 Å². The molecule has 0 aliphatic heterocycles. The third-order valence-electron chi connectivity index (χ3n) is 8.17. The summed E-state index contributed by atoms with van der Waals surface area (Å²) in [4.78, 5) is 0. The van der Waals surface area contributed by atoms with Gasteiger partial charge in [-0.05, 0) is 110 Å². The Bertz CT molecular complexity index is 1810. The maximum Gasteiger partial charge on any atom is 0.124 e. The summed E-state index contributed by atoms with van der Waals surface area (Å²) in [5.41, 5.74) is 7.34. The van der Waals surface area contributed by atoms with Crippen LogP contribution >= 0.6 is 21.6 Å². The van der Waals surface area contributed by atoms with Gasteiger partial charge in [-0.25, -0.2) is 0 Å². The van der Waals surface area contributed by atoms with Crippen molar-refractivity contribution in [3.8, 4) is 33.8 Å². The van der Waals surface area contributed by atoms with Crippen LogP contribution in [-0.4, -0.2) is 12.2 Å². The van der Waals surface area contributed by atoms with Gasteiger partial charge in [-0.2, -0.15) is 0 Å². The van der Waals surface area contributed by atoms with E-state index in [9.17, 15) is 0 Å². The fraction of sp³-hybridized carbons (Fsp3) is 0.238. The molecule has 46 heavy (non-hydrogen) atoms. The van der Waals surface area contributed by atoms with Crippen LogP contribution in [0, 0.1) is 0 Å². The topological polar surface area (TPSA) is 18.5 Å². The molecule has 4 heteroatoms. The third kappa shape index (κ3) is 7.09. The minimum absolute atomic E-state index is 0.0958. The van der Waals surface area contributed by atoms with Gasteiger partial charge in [0.25, 0.3) is 0 Å². The lowest BCUT2D eigenvalue weighted by atomic mass is 9.96. The first-order valence-corrected chi connectivity index (χ1v) is 18.5. The van der Waals surface area contributed by atoms with Gasteiger partial charge in [0.05, 0.1) is 12.2 Å². The molecule has 6 aromatic carbocycles. The van der Waals surface area contributed by atoms with Gasteiger partial charge in [-0.1, -0.05) is 119 Å². The van der Waals surface area contributed by atoms with Crippen molar-refractivity contribution >= 4 is 43.1 Å². The second-order valence-electron chi connectivity index (χ2n) is 12.4. The SMILES string of the molecule is CC(C)Oc1ccc(-c2cccc3ccccc23)cc1[C@@H](C)SS[C@H](C)c1cc(-c2cccc3ccccc23)ccc1OC(C)C. The summed E-state index contributed by atoms with van der Waals surface area (Å²) in [7, 11) is 3.79. The van der Waals surface area contributed by atoms with E-state index in [0.29, 0.717) is 0 Å². The summed E-state index contributed by atoms with van der Waals surface area (Å²) in [6.45, 7) is 13.0. The van der Waals surface area contributed by atoms with Gasteiger partial charge in [0, 0.05) is 21.6 Å². The van der Waals surface area contributed by atoms with Crippen LogP contribution in [0.25, 0.3) is 43.8 Å². The number of benzene rings is 6. The Morgan fingerprint density at radius 3 is 1.24 bits per heavy atom. The molecule has 0 spiro atoms. The van der Waals surface area contributed by atoms with Crippen LogP contribution < -0.4 is 9.47 Å². The highest BCUT2D eigenvalue weighted by Crippen LogP contribution is 2.50. The molecule has 0 radical (unpaired) electrons. The van der Waals surface area contributed by atoms with Crippen LogP contribution in [0.1, 0.15) is 63.2 Å². The predicted molar refractivity (Wildman–Crippen MR) is 202 cm³/mol. The largest absolute Gasteiger partial charge is 0.491 e. The van der Waals surface area contributed by atoms with E-state index in [4.69, 9.17) is 9.47 Å². The van der Waals surface area contributed by atoms with Crippen molar-refractivity contribution < 1.29 is 9.47 Å². The molecule has 0 fully saturated rings. The second kappa shape index (κ2) is 14.3. The molecule has 0 aliphatic carbocycles.